The number of ether oxygens (including phenoxy) is 1. The number of aliphatic hydroxyl groups is 1. The van der Waals surface area contributed by atoms with Crippen LogP contribution in [-0.2, 0) is 4.79 Å². The van der Waals surface area contributed by atoms with Crippen LogP contribution >= 0.6 is 11.6 Å². The van der Waals surface area contributed by atoms with Crippen molar-refractivity contribution >= 4 is 17.5 Å². The standard InChI is InChI=1S/C16H22ClNO3/c1-12-5-6-13(17)14(9-12)21-10-15(20)18-16(11-19)7-3-2-4-8-16/h5-6,9,19H,2-4,7-8,10-11H2,1H3,(H,18,20). The van der Waals surface area contributed by atoms with Crippen LogP contribution in [0.25, 0.3) is 0 Å². The van der Waals surface area contributed by atoms with E-state index in [9.17, 15) is 9.90 Å². The van der Waals surface area contributed by atoms with Crippen LogP contribution in [0.15, 0.2) is 18.2 Å². The molecular formula is C16H22ClNO3. The molecule has 0 saturated heterocycles. The van der Waals surface area contributed by atoms with Crippen LogP contribution in [0.1, 0.15) is 37.7 Å². The average molecular weight is 312 g/mol. The molecule has 2 N–H and O–H groups in total. The summed E-state index contributed by atoms with van der Waals surface area (Å²) in [6, 6.07) is 5.44. The maximum atomic E-state index is 12.1. The molecule has 1 aliphatic rings. The Labute approximate surface area is 130 Å². The van der Waals surface area contributed by atoms with Gasteiger partial charge in [0.05, 0.1) is 17.2 Å². The van der Waals surface area contributed by atoms with Gasteiger partial charge in [-0.3, -0.25) is 4.79 Å². The lowest BCUT2D eigenvalue weighted by Gasteiger charge is -2.36. The summed E-state index contributed by atoms with van der Waals surface area (Å²) < 4.78 is 5.48. The molecule has 21 heavy (non-hydrogen) atoms. The first-order valence-electron chi connectivity index (χ1n) is 7.35. The van der Waals surface area contributed by atoms with E-state index in [-0.39, 0.29) is 19.1 Å². The van der Waals surface area contributed by atoms with Gasteiger partial charge in [0.2, 0.25) is 0 Å². The molecule has 2 rings (SSSR count). The van der Waals surface area contributed by atoms with Crippen molar-refractivity contribution in [1.82, 2.24) is 5.32 Å². The molecule has 1 fully saturated rings. The van der Waals surface area contributed by atoms with E-state index in [0.717, 1.165) is 37.7 Å². The molecule has 0 spiro atoms. The fourth-order valence-corrected chi connectivity index (χ4v) is 2.92. The summed E-state index contributed by atoms with van der Waals surface area (Å²) in [5.74, 6) is 0.289. The Hall–Kier alpha value is -1.26. The second kappa shape index (κ2) is 7.14. The first-order valence-corrected chi connectivity index (χ1v) is 7.73. The number of rotatable bonds is 5. The fourth-order valence-electron chi connectivity index (χ4n) is 2.75. The molecule has 0 atom stereocenters. The Morgan fingerprint density at radius 1 is 1.38 bits per heavy atom. The van der Waals surface area contributed by atoms with Crippen LogP contribution in [0, 0.1) is 6.92 Å². The van der Waals surface area contributed by atoms with Crippen LogP contribution in [0.4, 0.5) is 0 Å². The van der Waals surface area contributed by atoms with Gasteiger partial charge in [-0.25, -0.2) is 0 Å². The van der Waals surface area contributed by atoms with Crippen LogP contribution in [0.2, 0.25) is 5.02 Å². The van der Waals surface area contributed by atoms with Gasteiger partial charge >= 0.3 is 0 Å². The third-order valence-corrected chi connectivity index (χ3v) is 4.28. The van der Waals surface area contributed by atoms with Crippen molar-refractivity contribution in [2.75, 3.05) is 13.2 Å². The van der Waals surface area contributed by atoms with E-state index in [1.807, 2.05) is 13.0 Å². The molecule has 4 nitrogen and oxygen atoms in total. The lowest BCUT2D eigenvalue weighted by atomic mass is 9.82. The fraction of sp³-hybridized carbons (Fsp3) is 0.562. The topological polar surface area (TPSA) is 58.6 Å². The van der Waals surface area contributed by atoms with Crippen molar-refractivity contribution in [3.8, 4) is 5.75 Å². The lowest BCUT2D eigenvalue weighted by molar-refractivity contribution is -0.126. The zero-order chi connectivity index (χ0) is 15.3. The second-order valence-electron chi connectivity index (χ2n) is 5.77. The first kappa shape index (κ1) is 16.1. The van der Waals surface area contributed by atoms with E-state index in [2.05, 4.69) is 5.32 Å². The highest BCUT2D eigenvalue weighted by atomic mass is 35.5. The number of benzene rings is 1. The number of carbonyl (C=O) groups is 1. The minimum atomic E-state index is -0.477. The third kappa shape index (κ3) is 4.35. The molecule has 116 valence electrons. The minimum Gasteiger partial charge on any atom is -0.482 e. The number of amides is 1. The Balaban J connectivity index is 1.91. The average Bonchev–Trinajstić information content (AvgIpc) is 2.49. The Kier molecular flexibility index (Phi) is 5.48. The Morgan fingerprint density at radius 2 is 2.10 bits per heavy atom. The SMILES string of the molecule is Cc1ccc(Cl)c(OCC(=O)NC2(CO)CCCCC2)c1. The molecular weight excluding hydrogens is 290 g/mol. The summed E-state index contributed by atoms with van der Waals surface area (Å²) in [6.07, 6.45) is 4.87. The van der Waals surface area contributed by atoms with Crippen molar-refractivity contribution in [2.45, 2.75) is 44.6 Å². The summed E-state index contributed by atoms with van der Waals surface area (Å²) in [5, 5.41) is 13.0. The van der Waals surface area contributed by atoms with E-state index in [1.54, 1.807) is 12.1 Å². The predicted molar refractivity (Wildman–Crippen MR) is 82.7 cm³/mol. The summed E-state index contributed by atoms with van der Waals surface area (Å²) in [6.45, 7) is 1.82. The molecule has 0 unspecified atom stereocenters. The van der Waals surface area contributed by atoms with Crippen molar-refractivity contribution in [3.05, 3.63) is 28.8 Å². The number of nitrogens with one attached hydrogen (secondary N) is 1. The van der Waals surface area contributed by atoms with E-state index in [4.69, 9.17) is 16.3 Å². The van der Waals surface area contributed by atoms with Crippen LogP contribution < -0.4 is 10.1 Å². The lowest BCUT2D eigenvalue weighted by Crippen LogP contribution is -2.53. The molecule has 1 aromatic carbocycles. The number of aryl methyl sites for hydroxylation is 1. The quantitative estimate of drug-likeness (QED) is 0.879. The summed E-state index contributed by atoms with van der Waals surface area (Å²) >= 11 is 6.03. The largest absolute Gasteiger partial charge is 0.482 e. The van der Waals surface area contributed by atoms with Gasteiger partial charge in [0.15, 0.2) is 6.61 Å². The molecule has 0 radical (unpaired) electrons. The van der Waals surface area contributed by atoms with Gasteiger partial charge in [-0.2, -0.15) is 0 Å². The Bertz CT molecular complexity index is 498. The van der Waals surface area contributed by atoms with Gasteiger partial charge in [-0.05, 0) is 37.5 Å². The zero-order valence-electron chi connectivity index (χ0n) is 12.3. The number of aliphatic hydroxyl groups excluding tert-OH is 1. The van der Waals surface area contributed by atoms with Crippen LogP contribution in [0.5, 0.6) is 5.75 Å². The number of halogens is 1. The van der Waals surface area contributed by atoms with Crippen molar-refractivity contribution in [1.29, 1.82) is 0 Å². The highest BCUT2D eigenvalue weighted by Gasteiger charge is 2.32. The van der Waals surface area contributed by atoms with Crippen molar-refractivity contribution in [3.63, 3.8) is 0 Å². The predicted octanol–water partition coefficient (Wildman–Crippen LogP) is 2.84. The van der Waals surface area contributed by atoms with E-state index in [1.165, 1.54) is 0 Å². The monoisotopic (exact) mass is 311 g/mol. The van der Waals surface area contributed by atoms with E-state index in [0.29, 0.717) is 10.8 Å². The van der Waals surface area contributed by atoms with Gasteiger partial charge in [-0.15, -0.1) is 0 Å². The molecule has 0 aliphatic heterocycles. The molecule has 5 heteroatoms. The summed E-state index contributed by atoms with van der Waals surface area (Å²) in [7, 11) is 0. The minimum absolute atomic E-state index is 0.0239. The molecule has 1 amide bonds. The number of carbonyl (C=O) groups excluding carboxylic acids is 1. The normalized spacial score (nSPS) is 17.3. The van der Waals surface area contributed by atoms with Crippen LogP contribution in [-0.4, -0.2) is 29.8 Å². The smallest absolute Gasteiger partial charge is 0.258 e. The Morgan fingerprint density at radius 3 is 2.76 bits per heavy atom. The summed E-state index contributed by atoms with van der Waals surface area (Å²) in [4.78, 5) is 12.1. The van der Waals surface area contributed by atoms with Crippen molar-refractivity contribution < 1.29 is 14.6 Å². The molecule has 0 heterocycles. The van der Waals surface area contributed by atoms with Gasteiger partial charge in [-0.1, -0.05) is 36.9 Å². The molecule has 0 aromatic heterocycles. The second-order valence-corrected chi connectivity index (χ2v) is 6.18. The summed E-state index contributed by atoms with van der Waals surface area (Å²) in [5.41, 5.74) is 0.545. The highest BCUT2D eigenvalue weighted by molar-refractivity contribution is 6.32. The molecule has 0 bridgehead atoms. The third-order valence-electron chi connectivity index (χ3n) is 3.96. The molecule has 1 saturated carbocycles. The molecule has 1 aliphatic carbocycles. The van der Waals surface area contributed by atoms with Gasteiger partial charge in [0.1, 0.15) is 5.75 Å². The number of hydrogen-bond acceptors (Lipinski definition) is 3. The van der Waals surface area contributed by atoms with E-state index < -0.39 is 5.54 Å². The first-order chi connectivity index (χ1) is 10.0. The molecule has 1 aromatic rings. The maximum absolute atomic E-state index is 12.1. The van der Waals surface area contributed by atoms with Crippen molar-refractivity contribution in [2.24, 2.45) is 0 Å². The van der Waals surface area contributed by atoms with Gasteiger partial charge in [0, 0.05) is 0 Å². The van der Waals surface area contributed by atoms with Gasteiger partial charge < -0.3 is 15.2 Å². The number of hydrogen-bond donors (Lipinski definition) is 2. The highest BCUT2D eigenvalue weighted by Crippen LogP contribution is 2.28. The zero-order valence-corrected chi connectivity index (χ0v) is 13.1. The maximum Gasteiger partial charge on any atom is 0.258 e. The van der Waals surface area contributed by atoms with E-state index >= 15 is 0 Å². The van der Waals surface area contributed by atoms with Gasteiger partial charge in [0.25, 0.3) is 5.91 Å². The van der Waals surface area contributed by atoms with Crippen LogP contribution in [0.3, 0.4) is 0 Å².